The van der Waals surface area contributed by atoms with Crippen LogP contribution in [0.5, 0.6) is 5.75 Å². The summed E-state index contributed by atoms with van der Waals surface area (Å²) in [5.74, 6) is -0.263. The normalized spacial score (nSPS) is 16.9. The van der Waals surface area contributed by atoms with Crippen molar-refractivity contribution in [3.63, 3.8) is 0 Å². The van der Waals surface area contributed by atoms with E-state index in [0.717, 1.165) is 6.07 Å². The number of benzene rings is 1. The summed E-state index contributed by atoms with van der Waals surface area (Å²) in [6.07, 6.45) is -3.33. The Balaban J connectivity index is 2.33. The molecule has 3 nitrogen and oxygen atoms in total. The Morgan fingerprint density at radius 3 is 2.53 bits per heavy atom. The van der Waals surface area contributed by atoms with Gasteiger partial charge in [0.25, 0.3) is 0 Å². The molecular formula is C13H12F3N2O. The lowest BCUT2D eigenvalue weighted by atomic mass is 9.89. The van der Waals surface area contributed by atoms with Crippen molar-refractivity contribution >= 4 is 0 Å². The quantitative estimate of drug-likeness (QED) is 0.828. The Bertz CT molecular complexity index is 488. The van der Waals surface area contributed by atoms with Crippen molar-refractivity contribution in [1.82, 2.24) is 5.32 Å². The minimum Gasteiger partial charge on any atom is -0.405 e. The molecule has 0 aliphatic carbocycles. The van der Waals surface area contributed by atoms with Crippen LogP contribution < -0.4 is 10.1 Å². The Hall–Kier alpha value is -1.74. The number of rotatable bonds is 2. The van der Waals surface area contributed by atoms with Gasteiger partial charge in [0, 0.05) is 13.1 Å². The first-order valence-corrected chi connectivity index (χ1v) is 5.92. The van der Waals surface area contributed by atoms with Gasteiger partial charge in [-0.1, -0.05) is 6.07 Å². The second kappa shape index (κ2) is 5.49. The average Bonchev–Trinajstić information content (AvgIpc) is 2.38. The largest absolute Gasteiger partial charge is 0.573 e. The van der Waals surface area contributed by atoms with Crippen LogP contribution in [0, 0.1) is 11.3 Å². The van der Waals surface area contributed by atoms with Crippen LogP contribution in [0.2, 0.25) is 0 Å². The zero-order valence-electron chi connectivity index (χ0n) is 10.1. The highest BCUT2D eigenvalue weighted by Gasteiger charge is 2.33. The summed E-state index contributed by atoms with van der Waals surface area (Å²) in [6, 6.07) is 6.03. The Morgan fingerprint density at radius 2 is 1.95 bits per heavy atom. The van der Waals surface area contributed by atoms with Crippen LogP contribution in [0.15, 0.2) is 18.2 Å². The van der Waals surface area contributed by atoms with Gasteiger partial charge < -0.3 is 4.74 Å². The Morgan fingerprint density at radius 1 is 1.26 bits per heavy atom. The van der Waals surface area contributed by atoms with Crippen LogP contribution in [0.4, 0.5) is 13.2 Å². The molecule has 1 fully saturated rings. The molecule has 1 saturated heterocycles. The molecule has 0 unspecified atom stereocenters. The fourth-order valence-electron chi connectivity index (χ4n) is 2.22. The van der Waals surface area contributed by atoms with E-state index in [1.54, 1.807) is 6.07 Å². The zero-order chi connectivity index (χ0) is 13.9. The van der Waals surface area contributed by atoms with Crippen molar-refractivity contribution in [3.8, 4) is 11.8 Å². The van der Waals surface area contributed by atoms with E-state index in [1.807, 2.05) is 6.07 Å². The van der Waals surface area contributed by atoms with Gasteiger partial charge in [0.05, 0.1) is 11.6 Å². The topological polar surface area (TPSA) is 47.1 Å². The molecule has 0 spiro atoms. The Labute approximate surface area is 109 Å². The van der Waals surface area contributed by atoms with E-state index in [4.69, 9.17) is 5.26 Å². The van der Waals surface area contributed by atoms with Crippen molar-refractivity contribution in [2.45, 2.75) is 25.1 Å². The predicted octanol–water partition coefficient (Wildman–Crippen LogP) is 2.94. The van der Waals surface area contributed by atoms with E-state index < -0.39 is 6.36 Å². The highest BCUT2D eigenvalue weighted by Crippen LogP contribution is 2.36. The maximum absolute atomic E-state index is 12.4. The monoisotopic (exact) mass is 269 g/mol. The van der Waals surface area contributed by atoms with Crippen molar-refractivity contribution in [3.05, 3.63) is 29.3 Å². The van der Waals surface area contributed by atoms with Gasteiger partial charge in [-0.05, 0) is 36.5 Å². The summed E-state index contributed by atoms with van der Waals surface area (Å²) in [5.41, 5.74) is 0.662. The molecule has 0 N–H and O–H groups in total. The SMILES string of the molecule is N#Cc1ccc(C2CC[N]CC2)c(OC(F)(F)F)c1. The number of halogens is 3. The van der Waals surface area contributed by atoms with Gasteiger partial charge in [0.2, 0.25) is 0 Å². The van der Waals surface area contributed by atoms with Crippen LogP contribution in [0.3, 0.4) is 0 Å². The first-order chi connectivity index (χ1) is 8.99. The van der Waals surface area contributed by atoms with Gasteiger partial charge in [-0.15, -0.1) is 13.2 Å². The lowest BCUT2D eigenvalue weighted by Gasteiger charge is -2.24. The van der Waals surface area contributed by atoms with Crippen LogP contribution in [-0.2, 0) is 0 Å². The molecule has 1 aromatic rings. The molecule has 2 rings (SSSR count). The molecule has 1 radical (unpaired) electrons. The number of piperidine rings is 1. The summed E-state index contributed by atoms with van der Waals surface area (Å²) in [6.45, 7) is 1.30. The lowest BCUT2D eigenvalue weighted by molar-refractivity contribution is -0.275. The molecule has 0 atom stereocenters. The van der Waals surface area contributed by atoms with E-state index in [9.17, 15) is 13.2 Å². The number of nitriles is 1. The van der Waals surface area contributed by atoms with Crippen molar-refractivity contribution in [1.29, 1.82) is 5.26 Å². The van der Waals surface area contributed by atoms with Crippen molar-refractivity contribution in [2.75, 3.05) is 13.1 Å². The lowest BCUT2D eigenvalue weighted by Crippen LogP contribution is -2.23. The third-order valence-electron chi connectivity index (χ3n) is 3.08. The van der Waals surface area contributed by atoms with Gasteiger partial charge in [-0.3, -0.25) is 0 Å². The standard InChI is InChI=1S/C13H12F3N2O/c14-13(15,16)19-12-7-9(8-17)1-2-11(12)10-3-5-18-6-4-10/h1-2,7,10H,3-6H2. The highest BCUT2D eigenvalue weighted by atomic mass is 19.4. The summed E-state index contributed by atoms with van der Waals surface area (Å²) in [5, 5.41) is 12.9. The van der Waals surface area contributed by atoms with Gasteiger partial charge in [-0.25, -0.2) is 5.32 Å². The molecule has 0 bridgehead atoms. The minimum atomic E-state index is -4.75. The summed E-state index contributed by atoms with van der Waals surface area (Å²) >= 11 is 0. The van der Waals surface area contributed by atoms with Gasteiger partial charge >= 0.3 is 6.36 Å². The fourth-order valence-corrected chi connectivity index (χ4v) is 2.22. The van der Waals surface area contributed by atoms with Gasteiger partial charge in [0.1, 0.15) is 5.75 Å². The first-order valence-electron chi connectivity index (χ1n) is 5.92. The Kier molecular flexibility index (Phi) is 3.96. The van der Waals surface area contributed by atoms with E-state index in [2.05, 4.69) is 10.1 Å². The number of hydrogen-bond acceptors (Lipinski definition) is 2. The van der Waals surface area contributed by atoms with Crippen molar-refractivity contribution in [2.24, 2.45) is 0 Å². The third-order valence-corrected chi connectivity index (χ3v) is 3.08. The molecule has 19 heavy (non-hydrogen) atoms. The van der Waals surface area contributed by atoms with Crippen LogP contribution in [0.1, 0.15) is 29.9 Å². The second-order valence-electron chi connectivity index (χ2n) is 4.36. The highest BCUT2D eigenvalue weighted by molar-refractivity contribution is 5.44. The number of ether oxygens (including phenoxy) is 1. The first kappa shape index (κ1) is 13.7. The molecule has 0 aromatic heterocycles. The number of nitrogens with zero attached hydrogens (tertiary/aromatic N) is 2. The number of alkyl halides is 3. The van der Waals surface area contributed by atoms with E-state index in [0.29, 0.717) is 31.5 Å². The van der Waals surface area contributed by atoms with Gasteiger partial charge in [0.15, 0.2) is 0 Å². The molecule has 1 heterocycles. The van der Waals surface area contributed by atoms with Gasteiger partial charge in [-0.2, -0.15) is 5.26 Å². The van der Waals surface area contributed by atoms with Crippen LogP contribution in [-0.4, -0.2) is 19.5 Å². The average molecular weight is 269 g/mol. The molecule has 1 aromatic carbocycles. The molecule has 0 saturated carbocycles. The van der Waals surface area contributed by atoms with Crippen molar-refractivity contribution < 1.29 is 17.9 Å². The maximum Gasteiger partial charge on any atom is 0.573 e. The minimum absolute atomic E-state index is 0.00240. The third kappa shape index (κ3) is 3.61. The fraction of sp³-hybridized carbons (Fsp3) is 0.462. The molecule has 6 heteroatoms. The van der Waals surface area contributed by atoms with E-state index in [1.165, 1.54) is 6.07 Å². The molecule has 0 amide bonds. The summed E-state index contributed by atoms with van der Waals surface area (Å²) in [7, 11) is 0. The smallest absolute Gasteiger partial charge is 0.405 e. The maximum atomic E-state index is 12.4. The zero-order valence-corrected chi connectivity index (χ0v) is 10.1. The summed E-state index contributed by atoms with van der Waals surface area (Å²) in [4.78, 5) is 0. The van der Waals surface area contributed by atoms with Crippen LogP contribution >= 0.6 is 0 Å². The molecule has 1 aliphatic rings. The summed E-state index contributed by atoms with van der Waals surface area (Å²) < 4.78 is 41.2. The molecule has 1 aliphatic heterocycles. The van der Waals surface area contributed by atoms with Crippen LogP contribution in [0.25, 0.3) is 0 Å². The van der Waals surface area contributed by atoms with E-state index >= 15 is 0 Å². The van der Waals surface area contributed by atoms with E-state index in [-0.39, 0.29) is 17.2 Å². The molecule has 101 valence electrons. The second-order valence-corrected chi connectivity index (χ2v) is 4.36. The molecular weight excluding hydrogens is 257 g/mol. The number of hydrogen-bond donors (Lipinski definition) is 0. The predicted molar refractivity (Wildman–Crippen MR) is 61.7 cm³/mol.